The molecule has 2 N–H and O–H groups in total. The highest BCUT2D eigenvalue weighted by molar-refractivity contribution is 7.99. The Bertz CT molecular complexity index is 757. The smallest absolute Gasteiger partial charge is 0.0522 e. The lowest BCUT2D eigenvalue weighted by Gasteiger charge is -2.08. The molecule has 0 aliphatic rings. The summed E-state index contributed by atoms with van der Waals surface area (Å²) in [4.78, 5) is 1.27. The number of hydrogen-bond donors (Lipinski definition) is 1. The van der Waals surface area contributed by atoms with Crippen molar-refractivity contribution in [2.24, 2.45) is 7.05 Å². The fraction of sp³-hybridized carbons (Fsp3) is 0.312. The minimum atomic E-state index is 0.833. The second kappa shape index (κ2) is 5.85. The molecule has 0 saturated heterocycles. The van der Waals surface area contributed by atoms with Gasteiger partial charge in [-0.15, -0.1) is 11.8 Å². The van der Waals surface area contributed by atoms with Crippen LogP contribution in [0.4, 0.5) is 5.69 Å². The minimum absolute atomic E-state index is 0.833. The molecule has 2 heterocycles. The van der Waals surface area contributed by atoms with Crippen LogP contribution in [0.25, 0.3) is 10.9 Å². The second-order valence-corrected chi connectivity index (χ2v) is 6.47. The van der Waals surface area contributed by atoms with Crippen molar-refractivity contribution in [1.82, 2.24) is 14.3 Å². The van der Waals surface area contributed by atoms with Gasteiger partial charge in [0.15, 0.2) is 0 Å². The number of aromatic nitrogens is 3. The molecule has 3 rings (SSSR count). The van der Waals surface area contributed by atoms with Crippen molar-refractivity contribution in [3.05, 3.63) is 42.4 Å². The number of fused-ring (bicyclic) bond motifs is 1. The Hall–Kier alpha value is -1.88. The molecule has 5 heteroatoms. The fourth-order valence-corrected chi connectivity index (χ4v) is 3.46. The van der Waals surface area contributed by atoms with Gasteiger partial charge in [-0.05, 0) is 35.9 Å². The number of nitrogens with two attached hydrogens (primary N) is 1. The molecule has 0 atom stereocenters. The number of nitrogens with zero attached hydrogens (tertiary/aromatic N) is 3. The summed E-state index contributed by atoms with van der Waals surface area (Å²) < 4.78 is 4.12. The summed E-state index contributed by atoms with van der Waals surface area (Å²) in [6.07, 6.45) is 7.12. The van der Waals surface area contributed by atoms with Gasteiger partial charge in [-0.1, -0.05) is 6.92 Å². The van der Waals surface area contributed by atoms with E-state index in [0.29, 0.717) is 0 Å². The lowest BCUT2D eigenvalue weighted by Crippen LogP contribution is -2.00. The first kappa shape index (κ1) is 14.1. The van der Waals surface area contributed by atoms with E-state index in [2.05, 4.69) is 47.2 Å². The van der Waals surface area contributed by atoms with Gasteiger partial charge in [-0.2, -0.15) is 5.10 Å². The third-order valence-corrected chi connectivity index (χ3v) is 4.51. The average molecular weight is 300 g/mol. The Morgan fingerprint density at radius 1 is 1.33 bits per heavy atom. The Balaban J connectivity index is 1.89. The maximum absolute atomic E-state index is 6.05. The molecule has 0 radical (unpaired) electrons. The number of benzene rings is 1. The standard InChI is InChI=1S/C16H20N4S/c1-3-21-16-9-13(17)8-15-14(16)5-7-20(15)6-4-12-10-18-19(2)11-12/h5,7-11H,3-4,6,17H2,1-2H3. The third-order valence-electron chi connectivity index (χ3n) is 3.57. The molecule has 0 unspecified atom stereocenters. The average Bonchev–Trinajstić information content (AvgIpc) is 3.03. The predicted octanol–water partition coefficient (Wildman–Crippen LogP) is 3.31. The maximum atomic E-state index is 6.05. The van der Waals surface area contributed by atoms with E-state index in [-0.39, 0.29) is 0 Å². The van der Waals surface area contributed by atoms with Crippen molar-refractivity contribution in [2.45, 2.75) is 24.8 Å². The van der Waals surface area contributed by atoms with Gasteiger partial charge >= 0.3 is 0 Å². The summed E-state index contributed by atoms with van der Waals surface area (Å²) in [5.41, 5.74) is 9.36. The van der Waals surface area contributed by atoms with Gasteiger partial charge in [0, 0.05) is 42.0 Å². The van der Waals surface area contributed by atoms with Crippen molar-refractivity contribution < 1.29 is 0 Å². The molecule has 0 saturated carbocycles. The summed E-state index contributed by atoms with van der Waals surface area (Å²) >= 11 is 1.84. The van der Waals surface area contributed by atoms with Gasteiger partial charge in [0.2, 0.25) is 0 Å². The molecular formula is C16H20N4S. The monoisotopic (exact) mass is 300 g/mol. The predicted molar refractivity (Wildman–Crippen MR) is 89.7 cm³/mol. The quantitative estimate of drug-likeness (QED) is 0.581. The van der Waals surface area contributed by atoms with Gasteiger partial charge in [0.05, 0.1) is 11.7 Å². The lowest BCUT2D eigenvalue weighted by molar-refractivity contribution is 0.720. The van der Waals surface area contributed by atoms with Crippen LogP contribution in [0.5, 0.6) is 0 Å². The molecule has 110 valence electrons. The summed E-state index contributed by atoms with van der Waals surface area (Å²) in [5, 5.41) is 5.51. The third kappa shape index (κ3) is 2.93. The first-order valence-corrected chi connectivity index (χ1v) is 8.14. The molecular weight excluding hydrogens is 280 g/mol. The van der Waals surface area contributed by atoms with E-state index in [0.717, 1.165) is 24.4 Å². The van der Waals surface area contributed by atoms with Gasteiger partial charge < -0.3 is 10.3 Å². The van der Waals surface area contributed by atoms with Crippen molar-refractivity contribution in [3.8, 4) is 0 Å². The highest BCUT2D eigenvalue weighted by Crippen LogP contribution is 2.31. The van der Waals surface area contributed by atoms with Crippen LogP contribution >= 0.6 is 11.8 Å². The molecule has 2 aromatic heterocycles. The second-order valence-electron chi connectivity index (χ2n) is 5.17. The molecule has 0 fully saturated rings. The van der Waals surface area contributed by atoms with Crippen LogP contribution in [-0.4, -0.2) is 20.1 Å². The normalized spacial score (nSPS) is 11.3. The Labute approximate surface area is 128 Å². The van der Waals surface area contributed by atoms with Crippen LogP contribution in [0, 0.1) is 0 Å². The highest BCUT2D eigenvalue weighted by atomic mass is 32.2. The number of anilines is 1. The van der Waals surface area contributed by atoms with E-state index < -0.39 is 0 Å². The zero-order chi connectivity index (χ0) is 14.8. The van der Waals surface area contributed by atoms with Crippen LogP contribution in [0.3, 0.4) is 0 Å². The molecule has 1 aromatic carbocycles. The molecule has 21 heavy (non-hydrogen) atoms. The minimum Gasteiger partial charge on any atom is -0.399 e. The van der Waals surface area contributed by atoms with E-state index in [1.807, 2.05) is 29.7 Å². The van der Waals surface area contributed by atoms with Crippen LogP contribution in [0.15, 0.2) is 41.7 Å². The van der Waals surface area contributed by atoms with Crippen molar-refractivity contribution in [3.63, 3.8) is 0 Å². The van der Waals surface area contributed by atoms with Crippen molar-refractivity contribution in [1.29, 1.82) is 0 Å². The van der Waals surface area contributed by atoms with Crippen LogP contribution < -0.4 is 5.73 Å². The first-order chi connectivity index (χ1) is 10.2. The topological polar surface area (TPSA) is 48.8 Å². The largest absolute Gasteiger partial charge is 0.399 e. The molecule has 4 nitrogen and oxygen atoms in total. The molecule has 0 spiro atoms. The number of hydrogen-bond acceptors (Lipinski definition) is 3. The highest BCUT2D eigenvalue weighted by Gasteiger charge is 2.08. The summed E-state index contributed by atoms with van der Waals surface area (Å²) in [5.74, 6) is 1.05. The summed E-state index contributed by atoms with van der Waals surface area (Å²) in [7, 11) is 1.95. The molecule has 0 aliphatic heterocycles. The Kier molecular flexibility index (Phi) is 3.92. The Morgan fingerprint density at radius 3 is 2.90 bits per heavy atom. The fourth-order valence-electron chi connectivity index (χ4n) is 2.60. The number of rotatable bonds is 5. The van der Waals surface area contributed by atoms with E-state index >= 15 is 0 Å². The van der Waals surface area contributed by atoms with E-state index in [4.69, 9.17) is 5.73 Å². The maximum Gasteiger partial charge on any atom is 0.0522 e. The van der Waals surface area contributed by atoms with Crippen molar-refractivity contribution >= 4 is 28.4 Å². The number of aryl methyl sites for hydroxylation is 3. The lowest BCUT2D eigenvalue weighted by atomic mass is 10.2. The molecule has 0 aliphatic carbocycles. The van der Waals surface area contributed by atoms with Gasteiger partial charge in [0.25, 0.3) is 0 Å². The summed E-state index contributed by atoms with van der Waals surface area (Å²) in [6, 6.07) is 6.33. The zero-order valence-corrected chi connectivity index (χ0v) is 13.2. The SMILES string of the molecule is CCSc1cc(N)cc2c1ccn2CCc1cnn(C)c1. The number of nitrogen functional groups attached to an aromatic ring is 1. The van der Waals surface area contributed by atoms with Crippen LogP contribution in [0.1, 0.15) is 12.5 Å². The molecule has 3 aromatic rings. The number of thioether (sulfide) groups is 1. The Morgan fingerprint density at radius 2 is 2.19 bits per heavy atom. The van der Waals surface area contributed by atoms with Crippen LogP contribution in [-0.2, 0) is 20.0 Å². The van der Waals surface area contributed by atoms with E-state index in [1.54, 1.807) is 0 Å². The van der Waals surface area contributed by atoms with Gasteiger partial charge in [0.1, 0.15) is 0 Å². The van der Waals surface area contributed by atoms with Crippen LogP contribution in [0.2, 0.25) is 0 Å². The zero-order valence-electron chi connectivity index (χ0n) is 12.4. The van der Waals surface area contributed by atoms with E-state index in [1.165, 1.54) is 21.4 Å². The first-order valence-electron chi connectivity index (χ1n) is 7.16. The van der Waals surface area contributed by atoms with Crippen molar-refractivity contribution in [2.75, 3.05) is 11.5 Å². The van der Waals surface area contributed by atoms with Gasteiger partial charge in [-0.25, -0.2) is 0 Å². The van der Waals surface area contributed by atoms with Gasteiger partial charge in [-0.3, -0.25) is 4.68 Å². The summed E-state index contributed by atoms with van der Waals surface area (Å²) in [6.45, 7) is 3.11. The molecule has 0 bridgehead atoms. The molecule has 0 amide bonds. The van der Waals surface area contributed by atoms with E-state index in [9.17, 15) is 0 Å².